The summed E-state index contributed by atoms with van der Waals surface area (Å²) < 4.78 is 0. The topological polar surface area (TPSA) is 0 Å². The number of fused-ring (bicyclic) bond motifs is 1. The van der Waals surface area contributed by atoms with Crippen molar-refractivity contribution >= 4 is 0 Å². The van der Waals surface area contributed by atoms with Gasteiger partial charge in [0.15, 0.2) is 0 Å². The molecule has 0 N–H and O–H groups in total. The molecule has 0 nitrogen and oxygen atoms in total. The van der Waals surface area contributed by atoms with Crippen LogP contribution in [-0.2, 0) is 0 Å². The molecule has 0 heteroatoms. The molecule has 2 aliphatic rings. The van der Waals surface area contributed by atoms with Crippen molar-refractivity contribution in [2.24, 2.45) is 23.7 Å². The van der Waals surface area contributed by atoms with E-state index in [1.165, 1.54) is 25.7 Å². The summed E-state index contributed by atoms with van der Waals surface area (Å²) in [4.78, 5) is 0. The highest BCUT2D eigenvalue weighted by Gasteiger charge is 2.32. The Labute approximate surface area is 76.7 Å². The molecule has 0 aliphatic heterocycles. The Morgan fingerprint density at radius 2 is 1.17 bits per heavy atom. The number of hydrogen-bond acceptors (Lipinski definition) is 0. The van der Waals surface area contributed by atoms with Gasteiger partial charge in [-0.2, -0.15) is 0 Å². The van der Waals surface area contributed by atoms with Crippen molar-refractivity contribution in [2.75, 3.05) is 0 Å². The molecule has 0 radical (unpaired) electrons. The van der Waals surface area contributed by atoms with Crippen molar-refractivity contribution in [3.63, 3.8) is 0 Å². The Bertz CT molecular complexity index is 134. The van der Waals surface area contributed by atoms with Gasteiger partial charge in [-0.25, -0.2) is 0 Å². The third-order valence-corrected chi connectivity index (χ3v) is 4.14. The van der Waals surface area contributed by atoms with Crippen molar-refractivity contribution in [3.8, 4) is 0 Å². The molecule has 0 aromatic rings. The molecule has 0 heterocycles. The van der Waals surface area contributed by atoms with E-state index < -0.39 is 0 Å². The van der Waals surface area contributed by atoms with Crippen molar-refractivity contribution in [1.29, 1.82) is 0 Å². The average molecular weight is 166 g/mol. The van der Waals surface area contributed by atoms with Gasteiger partial charge < -0.3 is 0 Å². The molecule has 2 saturated carbocycles. The largest absolute Gasteiger partial charge is 0.0625 e. The van der Waals surface area contributed by atoms with E-state index in [2.05, 4.69) is 13.8 Å². The maximum atomic E-state index is 2.44. The predicted molar refractivity (Wildman–Crippen MR) is 53.0 cm³/mol. The molecule has 0 bridgehead atoms. The fourth-order valence-corrected chi connectivity index (χ4v) is 3.36. The second-order valence-corrected chi connectivity index (χ2v) is 5.36. The van der Waals surface area contributed by atoms with E-state index in [1.54, 1.807) is 12.8 Å². The predicted octanol–water partition coefficient (Wildman–Crippen LogP) is 3.86. The molecule has 2 aliphatic carbocycles. The van der Waals surface area contributed by atoms with Gasteiger partial charge >= 0.3 is 0 Å². The fourth-order valence-electron chi connectivity index (χ4n) is 3.36. The first-order valence-corrected chi connectivity index (χ1v) is 5.75. The van der Waals surface area contributed by atoms with Gasteiger partial charge in [-0.15, -0.1) is 0 Å². The lowest BCUT2D eigenvalue weighted by Crippen LogP contribution is -2.29. The highest BCUT2D eigenvalue weighted by Crippen LogP contribution is 2.44. The monoisotopic (exact) mass is 166 g/mol. The Morgan fingerprint density at radius 1 is 0.667 bits per heavy atom. The molecule has 0 aromatic heterocycles. The zero-order chi connectivity index (χ0) is 8.55. The van der Waals surface area contributed by atoms with E-state index in [0.29, 0.717) is 0 Å². The number of hydrogen-bond donors (Lipinski definition) is 0. The van der Waals surface area contributed by atoms with Crippen molar-refractivity contribution < 1.29 is 0 Å². The van der Waals surface area contributed by atoms with Crippen molar-refractivity contribution in [1.82, 2.24) is 0 Å². The molecular formula is C12H22. The van der Waals surface area contributed by atoms with Gasteiger partial charge in [0.2, 0.25) is 0 Å². The van der Waals surface area contributed by atoms with Gasteiger partial charge in [-0.05, 0) is 49.4 Å². The highest BCUT2D eigenvalue weighted by atomic mass is 14.4. The molecule has 2 unspecified atom stereocenters. The Hall–Kier alpha value is 0. The molecule has 0 spiro atoms. The minimum Gasteiger partial charge on any atom is -0.0625 e. The summed E-state index contributed by atoms with van der Waals surface area (Å²) in [5.41, 5.74) is 0. The summed E-state index contributed by atoms with van der Waals surface area (Å²) in [7, 11) is 0. The van der Waals surface area contributed by atoms with E-state index >= 15 is 0 Å². The smallest absolute Gasteiger partial charge is 0.0381 e. The lowest BCUT2D eigenvalue weighted by Gasteiger charge is -2.40. The first-order chi connectivity index (χ1) is 5.75. The van der Waals surface area contributed by atoms with Crippen LogP contribution in [0, 0.1) is 23.7 Å². The lowest BCUT2D eigenvalue weighted by atomic mass is 9.65. The minimum atomic E-state index is 1.02. The molecule has 0 saturated heterocycles. The molecule has 0 aromatic carbocycles. The summed E-state index contributed by atoms with van der Waals surface area (Å²) >= 11 is 0. The summed E-state index contributed by atoms with van der Waals surface area (Å²) in [6, 6.07) is 0. The molecule has 2 rings (SSSR count). The molecule has 2 fully saturated rings. The summed E-state index contributed by atoms with van der Waals surface area (Å²) in [6.45, 7) is 4.88. The third kappa shape index (κ3) is 1.67. The van der Waals surface area contributed by atoms with E-state index in [9.17, 15) is 0 Å². The van der Waals surface area contributed by atoms with Gasteiger partial charge in [0.25, 0.3) is 0 Å². The Kier molecular flexibility index (Phi) is 2.43. The van der Waals surface area contributed by atoms with Gasteiger partial charge in [0, 0.05) is 0 Å². The maximum absolute atomic E-state index is 2.44. The van der Waals surface area contributed by atoms with Gasteiger partial charge in [0.05, 0.1) is 0 Å². The minimum absolute atomic E-state index is 1.02. The van der Waals surface area contributed by atoms with E-state index in [4.69, 9.17) is 0 Å². The Balaban J connectivity index is 1.94. The summed E-state index contributed by atoms with van der Waals surface area (Å²) in [5.74, 6) is 4.28. The average Bonchev–Trinajstić information content (AvgIpc) is 2.03. The van der Waals surface area contributed by atoms with Crippen LogP contribution in [0.4, 0.5) is 0 Å². The SMILES string of the molecule is CC1CCC2CCC(C)CC2C1. The molecule has 12 heavy (non-hydrogen) atoms. The quantitative estimate of drug-likeness (QED) is 0.512. The summed E-state index contributed by atoms with van der Waals surface area (Å²) in [5, 5.41) is 0. The second kappa shape index (κ2) is 3.40. The molecule has 70 valence electrons. The van der Waals surface area contributed by atoms with Gasteiger partial charge in [-0.3, -0.25) is 0 Å². The van der Waals surface area contributed by atoms with Crippen LogP contribution in [0.25, 0.3) is 0 Å². The normalized spacial score (nSPS) is 48.5. The van der Waals surface area contributed by atoms with Crippen LogP contribution >= 0.6 is 0 Å². The fraction of sp³-hybridized carbons (Fsp3) is 1.00. The first-order valence-electron chi connectivity index (χ1n) is 5.75. The lowest BCUT2D eigenvalue weighted by molar-refractivity contribution is 0.109. The highest BCUT2D eigenvalue weighted by molar-refractivity contribution is 4.83. The van der Waals surface area contributed by atoms with Gasteiger partial charge in [0.1, 0.15) is 0 Å². The maximum Gasteiger partial charge on any atom is -0.0381 e. The van der Waals surface area contributed by atoms with Crippen LogP contribution in [-0.4, -0.2) is 0 Å². The van der Waals surface area contributed by atoms with E-state index in [-0.39, 0.29) is 0 Å². The van der Waals surface area contributed by atoms with Crippen LogP contribution in [0.5, 0.6) is 0 Å². The van der Waals surface area contributed by atoms with Crippen LogP contribution in [0.15, 0.2) is 0 Å². The van der Waals surface area contributed by atoms with Crippen LogP contribution in [0.3, 0.4) is 0 Å². The second-order valence-electron chi connectivity index (χ2n) is 5.36. The van der Waals surface area contributed by atoms with E-state index in [0.717, 1.165) is 23.7 Å². The first kappa shape index (κ1) is 8.59. The van der Waals surface area contributed by atoms with E-state index in [1.807, 2.05) is 0 Å². The van der Waals surface area contributed by atoms with Crippen molar-refractivity contribution in [2.45, 2.75) is 52.4 Å². The zero-order valence-corrected chi connectivity index (χ0v) is 8.55. The van der Waals surface area contributed by atoms with Crippen molar-refractivity contribution in [3.05, 3.63) is 0 Å². The Morgan fingerprint density at radius 3 is 1.67 bits per heavy atom. The molecule has 0 amide bonds. The standard InChI is InChI=1S/C12H22/c1-9-3-5-11-6-4-10(2)8-12(11)7-9/h9-12H,3-8H2,1-2H3. The molecule has 2 atom stereocenters. The van der Waals surface area contributed by atoms with Crippen LogP contribution in [0.1, 0.15) is 52.4 Å². The van der Waals surface area contributed by atoms with Gasteiger partial charge in [-0.1, -0.05) is 26.7 Å². The third-order valence-electron chi connectivity index (χ3n) is 4.14. The molecular weight excluding hydrogens is 144 g/mol. The van der Waals surface area contributed by atoms with Crippen LogP contribution in [0.2, 0.25) is 0 Å². The number of rotatable bonds is 0. The summed E-state index contributed by atoms with van der Waals surface area (Å²) in [6.07, 6.45) is 9.17. The van der Waals surface area contributed by atoms with Crippen LogP contribution < -0.4 is 0 Å². The zero-order valence-electron chi connectivity index (χ0n) is 8.55.